The highest BCUT2D eigenvalue weighted by Crippen LogP contribution is 1.91. The SMILES string of the molecule is CC(=N)N(C)C(C)C. The minimum Gasteiger partial charge on any atom is -0.361 e. The standard InChI is InChI=1S/C6H14N2/c1-5(2)8(4)6(3)7/h5,7H,1-4H3. The average molecular weight is 114 g/mol. The molecule has 2 nitrogen and oxygen atoms in total. The fourth-order valence-corrected chi connectivity index (χ4v) is 0.387. The summed E-state index contributed by atoms with van der Waals surface area (Å²) in [6.45, 7) is 5.93. The van der Waals surface area contributed by atoms with Crippen LogP contribution < -0.4 is 0 Å². The molecule has 0 aliphatic heterocycles. The molecule has 0 unspecified atom stereocenters. The van der Waals surface area contributed by atoms with Crippen LogP contribution in [0.4, 0.5) is 0 Å². The zero-order chi connectivity index (χ0) is 6.73. The van der Waals surface area contributed by atoms with Crippen LogP contribution in [0.3, 0.4) is 0 Å². The lowest BCUT2D eigenvalue weighted by Crippen LogP contribution is -2.30. The van der Waals surface area contributed by atoms with E-state index >= 15 is 0 Å². The second kappa shape index (κ2) is 2.70. The Morgan fingerprint density at radius 2 is 1.88 bits per heavy atom. The maximum Gasteiger partial charge on any atom is 0.0925 e. The van der Waals surface area contributed by atoms with Gasteiger partial charge in [-0.25, -0.2) is 0 Å². The first kappa shape index (κ1) is 7.47. The topological polar surface area (TPSA) is 27.1 Å². The van der Waals surface area contributed by atoms with Gasteiger partial charge in [0.25, 0.3) is 0 Å². The van der Waals surface area contributed by atoms with Crippen molar-refractivity contribution in [2.24, 2.45) is 0 Å². The van der Waals surface area contributed by atoms with E-state index in [0.717, 1.165) is 0 Å². The molecule has 0 atom stereocenters. The quantitative estimate of drug-likeness (QED) is 0.404. The van der Waals surface area contributed by atoms with Crippen LogP contribution in [-0.2, 0) is 0 Å². The van der Waals surface area contributed by atoms with E-state index in [2.05, 4.69) is 13.8 Å². The van der Waals surface area contributed by atoms with Crippen molar-refractivity contribution in [2.75, 3.05) is 7.05 Å². The summed E-state index contributed by atoms with van der Waals surface area (Å²) in [7, 11) is 1.92. The Morgan fingerprint density at radius 3 is 1.88 bits per heavy atom. The van der Waals surface area contributed by atoms with Gasteiger partial charge in [-0.05, 0) is 20.8 Å². The van der Waals surface area contributed by atoms with Gasteiger partial charge in [-0.2, -0.15) is 0 Å². The van der Waals surface area contributed by atoms with Crippen molar-refractivity contribution in [3.8, 4) is 0 Å². The first-order valence-corrected chi connectivity index (χ1v) is 2.83. The number of nitrogens with one attached hydrogen (secondary N) is 1. The Hall–Kier alpha value is -0.530. The second-order valence-corrected chi connectivity index (χ2v) is 2.29. The highest BCUT2D eigenvalue weighted by molar-refractivity contribution is 5.76. The molecule has 0 saturated heterocycles. The molecule has 0 aromatic heterocycles. The van der Waals surface area contributed by atoms with Crippen LogP contribution in [0, 0.1) is 5.41 Å². The van der Waals surface area contributed by atoms with Crippen molar-refractivity contribution >= 4 is 5.84 Å². The lowest BCUT2D eigenvalue weighted by Gasteiger charge is -2.21. The van der Waals surface area contributed by atoms with Crippen LogP contribution in [0.25, 0.3) is 0 Å². The van der Waals surface area contributed by atoms with Crippen molar-refractivity contribution in [2.45, 2.75) is 26.8 Å². The minimum atomic E-state index is 0.451. The van der Waals surface area contributed by atoms with Gasteiger partial charge in [-0.15, -0.1) is 0 Å². The van der Waals surface area contributed by atoms with E-state index in [4.69, 9.17) is 5.41 Å². The van der Waals surface area contributed by atoms with Gasteiger partial charge in [0, 0.05) is 13.1 Å². The van der Waals surface area contributed by atoms with E-state index in [9.17, 15) is 0 Å². The average Bonchev–Trinajstić information content (AvgIpc) is 1.64. The van der Waals surface area contributed by atoms with Crippen molar-refractivity contribution in [3.05, 3.63) is 0 Å². The van der Waals surface area contributed by atoms with Gasteiger partial charge in [-0.1, -0.05) is 0 Å². The van der Waals surface area contributed by atoms with Gasteiger partial charge in [0.1, 0.15) is 0 Å². The molecule has 0 aromatic rings. The van der Waals surface area contributed by atoms with Crippen molar-refractivity contribution in [1.29, 1.82) is 5.41 Å². The number of hydrogen-bond acceptors (Lipinski definition) is 1. The predicted octanol–water partition coefficient (Wildman–Crippen LogP) is 1.32. The summed E-state index contributed by atoms with van der Waals surface area (Å²) in [5, 5.41) is 7.16. The zero-order valence-electron chi connectivity index (χ0n) is 6.02. The predicted molar refractivity (Wildman–Crippen MR) is 36.3 cm³/mol. The number of hydrogen-bond donors (Lipinski definition) is 1. The Labute approximate surface area is 51.0 Å². The van der Waals surface area contributed by atoms with E-state index in [0.29, 0.717) is 11.9 Å². The summed E-state index contributed by atoms with van der Waals surface area (Å²) < 4.78 is 0. The maximum absolute atomic E-state index is 7.16. The van der Waals surface area contributed by atoms with Crippen molar-refractivity contribution in [3.63, 3.8) is 0 Å². The van der Waals surface area contributed by atoms with Gasteiger partial charge in [0.15, 0.2) is 0 Å². The first-order chi connectivity index (χ1) is 3.55. The van der Waals surface area contributed by atoms with Crippen LogP contribution in [0.5, 0.6) is 0 Å². The summed E-state index contributed by atoms with van der Waals surface area (Å²) in [4.78, 5) is 1.92. The summed E-state index contributed by atoms with van der Waals surface area (Å²) in [5.41, 5.74) is 0. The van der Waals surface area contributed by atoms with E-state index in [1.54, 1.807) is 6.92 Å². The normalized spacial score (nSPS) is 9.62. The molecule has 0 fully saturated rings. The van der Waals surface area contributed by atoms with Crippen LogP contribution >= 0.6 is 0 Å². The summed E-state index contributed by atoms with van der Waals surface area (Å²) in [5.74, 6) is 0.625. The third-order valence-electron chi connectivity index (χ3n) is 1.30. The molecule has 0 bridgehead atoms. The molecule has 0 rings (SSSR count). The van der Waals surface area contributed by atoms with E-state index in [-0.39, 0.29) is 0 Å². The molecule has 0 aliphatic rings. The van der Waals surface area contributed by atoms with Gasteiger partial charge in [0.2, 0.25) is 0 Å². The molecule has 0 amide bonds. The molecule has 0 heterocycles. The molecule has 0 aromatic carbocycles. The molecule has 48 valence electrons. The van der Waals surface area contributed by atoms with Crippen molar-refractivity contribution < 1.29 is 0 Å². The minimum absolute atomic E-state index is 0.451. The molecule has 0 saturated carbocycles. The van der Waals surface area contributed by atoms with E-state index in [1.165, 1.54) is 0 Å². The third-order valence-corrected chi connectivity index (χ3v) is 1.30. The molecule has 0 spiro atoms. The highest BCUT2D eigenvalue weighted by atomic mass is 15.1. The zero-order valence-corrected chi connectivity index (χ0v) is 6.02. The van der Waals surface area contributed by atoms with E-state index in [1.807, 2.05) is 11.9 Å². The van der Waals surface area contributed by atoms with E-state index < -0.39 is 0 Å². The Morgan fingerprint density at radius 1 is 1.50 bits per heavy atom. The second-order valence-electron chi connectivity index (χ2n) is 2.29. The Bertz CT molecular complexity index is 86.5. The fraction of sp³-hybridized carbons (Fsp3) is 0.833. The Balaban J connectivity index is 3.64. The smallest absolute Gasteiger partial charge is 0.0925 e. The molecular weight excluding hydrogens is 100 g/mol. The van der Waals surface area contributed by atoms with Gasteiger partial charge >= 0.3 is 0 Å². The van der Waals surface area contributed by atoms with Crippen LogP contribution in [0.15, 0.2) is 0 Å². The monoisotopic (exact) mass is 114 g/mol. The third kappa shape index (κ3) is 1.96. The molecule has 0 radical (unpaired) electrons. The lowest BCUT2D eigenvalue weighted by atomic mass is 10.3. The number of nitrogens with zero attached hydrogens (tertiary/aromatic N) is 1. The number of rotatable bonds is 1. The molecular formula is C6H14N2. The molecule has 1 N–H and O–H groups in total. The molecule has 2 heteroatoms. The summed E-state index contributed by atoms with van der Waals surface area (Å²) >= 11 is 0. The fourth-order valence-electron chi connectivity index (χ4n) is 0.387. The summed E-state index contributed by atoms with van der Waals surface area (Å²) in [6, 6.07) is 0.451. The maximum atomic E-state index is 7.16. The molecule has 0 aliphatic carbocycles. The van der Waals surface area contributed by atoms with Crippen LogP contribution in [0.2, 0.25) is 0 Å². The van der Waals surface area contributed by atoms with Crippen LogP contribution in [-0.4, -0.2) is 23.8 Å². The largest absolute Gasteiger partial charge is 0.361 e. The summed E-state index contributed by atoms with van der Waals surface area (Å²) in [6.07, 6.45) is 0. The highest BCUT2D eigenvalue weighted by Gasteiger charge is 2.00. The van der Waals surface area contributed by atoms with Gasteiger partial charge in [0.05, 0.1) is 5.84 Å². The lowest BCUT2D eigenvalue weighted by molar-refractivity contribution is 0.413. The van der Waals surface area contributed by atoms with Gasteiger partial charge < -0.3 is 4.90 Å². The van der Waals surface area contributed by atoms with Crippen molar-refractivity contribution in [1.82, 2.24) is 4.90 Å². The van der Waals surface area contributed by atoms with Gasteiger partial charge in [-0.3, -0.25) is 5.41 Å². The first-order valence-electron chi connectivity index (χ1n) is 2.83. The van der Waals surface area contributed by atoms with Crippen LogP contribution in [0.1, 0.15) is 20.8 Å². The Kier molecular flexibility index (Phi) is 2.52. The molecule has 8 heavy (non-hydrogen) atoms. The number of amidine groups is 1.